The Morgan fingerprint density at radius 2 is 2.17 bits per heavy atom. The lowest BCUT2D eigenvalue weighted by atomic mass is 10.2. The molecule has 1 amide bonds. The maximum absolute atomic E-state index is 12.4. The predicted octanol–water partition coefficient (Wildman–Crippen LogP) is 0.639. The highest BCUT2D eigenvalue weighted by Gasteiger charge is 2.36. The van der Waals surface area contributed by atoms with Crippen LogP contribution >= 0.6 is 0 Å². The SMILES string of the molecule is Cc1nn(C)c2ncc(NC(=O)C3CCCN3S(C)(=O)=O)cc12. The van der Waals surface area contributed by atoms with E-state index in [1.807, 2.05) is 20.0 Å². The minimum absolute atomic E-state index is 0.324. The van der Waals surface area contributed by atoms with Crippen molar-refractivity contribution in [3.8, 4) is 0 Å². The highest BCUT2D eigenvalue weighted by molar-refractivity contribution is 7.88. The van der Waals surface area contributed by atoms with Gasteiger partial charge in [0.1, 0.15) is 6.04 Å². The number of nitrogens with zero attached hydrogens (tertiary/aromatic N) is 4. The molecule has 0 saturated carbocycles. The molecule has 9 heteroatoms. The third kappa shape index (κ3) is 2.93. The van der Waals surface area contributed by atoms with Crippen LogP contribution in [0.4, 0.5) is 5.69 Å². The molecule has 1 N–H and O–H groups in total. The second-order valence-corrected chi connectivity index (χ2v) is 7.76. The van der Waals surface area contributed by atoms with Gasteiger partial charge in [0.05, 0.1) is 23.8 Å². The molecule has 1 aliphatic rings. The van der Waals surface area contributed by atoms with E-state index in [1.54, 1.807) is 10.9 Å². The number of carbonyl (C=O) groups excluding carboxylic acids is 1. The second-order valence-electron chi connectivity index (χ2n) is 5.83. The summed E-state index contributed by atoms with van der Waals surface area (Å²) in [7, 11) is -1.57. The number of rotatable bonds is 3. The summed E-state index contributed by atoms with van der Waals surface area (Å²) in [6.07, 6.45) is 3.90. The van der Waals surface area contributed by atoms with Crippen molar-refractivity contribution in [2.75, 3.05) is 18.1 Å². The van der Waals surface area contributed by atoms with Gasteiger partial charge in [-0.15, -0.1) is 0 Å². The smallest absolute Gasteiger partial charge is 0.242 e. The van der Waals surface area contributed by atoms with E-state index >= 15 is 0 Å². The van der Waals surface area contributed by atoms with Gasteiger partial charge in [0.25, 0.3) is 0 Å². The minimum Gasteiger partial charge on any atom is -0.323 e. The molecule has 0 spiro atoms. The van der Waals surface area contributed by atoms with Gasteiger partial charge in [-0.3, -0.25) is 9.48 Å². The van der Waals surface area contributed by atoms with Crippen molar-refractivity contribution in [1.29, 1.82) is 0 Å². The number of hydrogen-bond acceptors (Lipinski definition) is 5. The zero-order chi connectivity index (χ0) is 16.8. The molecule has 2 aromatic rings. The molecular formula is C14H19N5O3S. The van der Waals surface area contributed by atoms with Crippen molar-refractivity contribution >= 4 is 32.7 Å². The van der Waals surface area contributed by atoms with E-state index in [2.05, 4.69) is 15.4 Å². The average Bonchev–Trinajstić information content (AvgIpc) is 3.05. The molecule has 2 aromatic heterocycles. The number of amides is 1. The van der Waals surface area contributed by atoms with Crippen LogP contribution in [0.15, 0.2) is 12.3 Å². The Morgan fingerprint density at radius 1 is 1.43 bits per heavy atom. The quantitative estimate of drug-likeness (QED) is 0.886. The zero-order valence-corrected chi connectivity index (χ0v) is 14.1. The first-order chi connectivity index (χ1) is 10.8. The first-order valence-electron chi connectivity index (χ1n) is 7.34. The second kappa shape index (κ2) is 5.57. The third-order valence-electron chi connectivity index (χ3n) is 4.06. The number of nitrogens with one attached hydrogen (secondary N) is 1. The monoisotopic (exact) mass is 337 g/mol. The number of fused-ring (bicyclic) bond motifs is 1. The van der Waals surface area contributed by atoms with Gasteiger partial charge in [0.15, 0.2) is 5.65 Å². The topological polar surface area (TPSA) is 97.2 Å². The van der Waals surface area contributed by atoms with Crippen LogP contribution in [0.2, 0.25) is 0 Å². The first-order valence-corrected chi connectivity index (χ1v) is 9.19. The van der Waals surface area contributed by atoms with E-state index in [4.69, 9.17) is 0 Å². The van der Waals surface area contributed by atoms with E-state index < -0.39 is 16.1 Å². The number of aromatic nitrogens is 3. The molecule has 8 nitrogen and oxygen atoms in total. The highest BCUT2D eigenvalue weighted by Crippen LogP contribution is 2.23. The minimum atomic E-state index is -3.38. The molecule has 23 heavy (non-hydrogen) atoms. The molecule has 0 radical (unpaired) electrons. The lowest BCUT2D eigenvalue weighted by Crippen LogP contribution is -2.42. The maximum Gasteiger partial charge on any atom is 0.242 e. The van der Waals surface area contributed by atoms with E-state index in [-0.39, 0.29) is 5.91 Å². The van der Waals surface area contributed by atoms with Gasteiger partial charge in [-0.1, -0.05) is 0 Å². The van der Waals surface area contributed by atoms with Crippen LogP contribution < -0.4 is 5.32 Å². The normalized spacial score (nSPS) is 19.3. The largest absolute Gasteiger partial charge is 0.323 e. The number of anilines is 1. The Kier molecular flexibility index (Phi) is 3.85. The molecule has 3 heterocycles. The molecule has 1 atom stereocenters. The Morgan fingerprint density at radius 3 is 2.87 bits per heavy atom. The van der Waals surface area contributed by atoms with E-state index in [0.717, 1.165) is 23.0 Å². The van der Waals surface area contributed by atoms with Crippen LogP contribution in [0.1, 0.15) is 18.5 Å². The van der Waals surface area contributed by atoms with Gasteiger partial charge in [-0.25, -0.2) is 13.4 Å². The molecule has 1 saturated heterocycles. The van der Waals surface area contributed by atoms with Gasteiger partial charge in [0, 0.05) is 19.0 Å². The lowest BCUT2D eigenvalue weighted by Gasteiger charge is -2.21. The number of aryl methyl sites for hydroxylation is 2. The van der Waals surface area contributed by atoms with Crippen LogP contribution in [-0.4, -0.2) is 52.2 Å². The van der Waals surface area contributed by atoms with Gasteiger partial charge in [-0.05, 0) is 25.8 Å². The first kappa shape index (κ1) is 15.9. The molecule has 3 rings (SSSR count). The molecule has 1 aliphatic heterocycles. The van der Waals surface area contributed by atoms with Crippen molar-refractivity contribution < 1.29 is 13.2 Å². The van der Waals surface area contributed by atoms with Crippen LogP contribution in [-0.2, 0) is 21.9 Å². The Bertz CT molecular complexity index is 874. The lowest BCUT2D eigenvalue weighted by molar-refractivity contribution is -0.119. The Hall–Kier alpha value is -2.00. The summed E-state index contributed by atoms with van der Waals surface area (Å²) in [6, 6.07) is 1.15. The molecule has 0 aliphatic carbocycles. The molecule has 0 bridgehead atoms. The summed E-state index contributed by atoms with van der Waals surface area (Å²) in [5, 5.41) is 7.91. The van der Waals surface area contributed by atoms with E-state index in [0.29, 0.717) is 25.1 Å². The number of hydrogen-bond donors (Lipinski definition) is 1. The average molecular weight is 337 g/mol. The molecular weight excluding hydrogens is 318 g/mol. The standard InChI is InChI=1S/C14H19N5O3S/c1-9-11-7-10(8-15-13(11)18(2)17-9)16-14(20)12-5-4-6-19(12)23(3,21)22/h7-8,12H,4-6H2,1-3H3,(H,16,20). The summed E-state index contributed by atoms with van der Waals surface area (Å²) in [5.74, 6) is -0.324. The van der Waals surface area contributed by atoms with Gasteiger partial charge < -0.3 is 5.32 Å². The summed E-state index contributed by atoms with van der Waals surface area (Å²) in [6.45, 7) is 2.26. The maximum atomic E-state index is 12.4. The summed E-state index contributed by atoms with van der Waals surface area (Å²) >= 11 is 0. The molecule has 0 aromatic carbocycles. The highest BCUT2D eigenvalue weighted by atomic mass is 32.2. The van der Waals surface area contributed by atoms with Gasteiger partial charge in [0.2, 0.25) is 15.9 Å². The molecule has 124 valence electrons. The molecule has 1 fully saturated rings. The van der Waals surface area contributed by atoms with Crippen molar-refractivity contribution in [3.63, 3.8) is 0 Å². The van der Waals surface area contributed by atoms with Gasteiger partial charge >= 0.3 is 0 Å². The number of sulfonamides is 1. The van der Waals surface area contributed by atoms with Crippen LogP contribution in [0.5, 0.6) is 0 Å². The number of carbonyl (C=O) groups is 1. The van der Waals surface area contributed by atoms with Crippen LogP contribution in [0, 0.1) is 6.92 Å². The van der Waals surface area contributed by atoms with Crippen molar-refractivity contribution in [3.05, 3.63) is 18.0 Å². The summed E-state index contributed by atoms with van der Waals surface area (Å²) in [4.78, 5) is 16.7. The molecule has 1 unspecified atom stereocenters. The fraction of sp³-hybridized carbons (Fsp3) is 0.500. The Labute approximate surface area is 134 Å². The number of pyridine rings is 1. The van der Waals surface area contributed by atoms with Gasteiger partial charge in [-0.2, -0.15) is 9.40 Å². The van der Waals surface area contributed by atoms with Crippen LogP contribution in [0.25, 0.3) is 11.0 Å². The van der Waals surface area contributed by atoms with Crippen molar-refractivity contribution in [2.45, 2.75) is 25.8 Å². The van der Waals surface area contributed by atoms with E-state index in [9.17, 15) is 13.2 Å². The third-order valence-corrected chi connectivity index (χ3v) is 5.35. The van der Waals surface area contributed by atoms with E-state index in [1.165, 1.54) is 4.31 Å². The summed E-state index contributed by atoms with van der Waals surface area (Å²) in [5.41, 5.74) is 2.10. The van der Waals surface area contributed by atoms with Crippen molar-refractivity contribution in [1.82, 2.24) is 19.1 Å². The van der Waals surface area contributed by atoms with Crippen LogP contribution in [0.3, 0.4) is 0 Å². The Balaban J connectivity index is 1.84. The zero-order valence-electron chi connectivity index (χ0n) is 13.3. The predicted molar refractivity (Wildman–Crippen MR) is 86.4 cm³/mol. The fourth-order valence-corrected chi connectivity index (χ4v) is 4.13. The fourth-order valence-electron chi connectivity index (χ4n) is 3.00. The van der Waals surface area contributed by atoms with Crippen molar-refractivity contribution in [2.24, 2.45) is 7.05 Å². The summed E-state index contributed by atoms with van der Waals surface area (Å²) < 4.78 is 26.4.